The molecule has 0 atom stereocenters. The summed E-state index contributed by atoms with van der Waals surface area (Å²) in [5, 5.41) is 5.41. The van der Waals surface area contributed by atoms with E-state index in [4.69, 9.17) is 11.5 Å². The molecule has 3 amide bonds. The molecule has 0 aliphatic carbocycles. The molecular weight excluding hydrogens is 268 g/mol. The Labute approximate surface area is 125 Å². The highest BCUT2D eigenvalue weighted by molar-refractivity contribution is 5.95. The topological polar surface area (TPSA) is 110 Å². The van der Waals surface area contributed by atoms with Crippen LogP contribution in [0.3, 0.4) is 0 Å². The van der Waals surface area contributed by atoms with Gasteiger partial charge in [0.05, 0.1) is 5.41 Å². The van der Waals surface area contributed by atoms with Crippen molar-refractivity contribution < 1.29 is 9.59 Å². The number of carbonyl (C=O) groups excluding carboxylic acids is 2. The van der Waals surface area contributed by atoms with Gasteiger partial charge in [0.15, 0.2) is 0 Å². The largest absolute Gasteiger partial charge is 0.352 e. The van der Waals surface area contributed by atoms with E-state index in [1.165, 1.54) is 0 Å². The Morgan fingerprint density at radius 2 is 1.71 bits per heavy atom. The zero-order chi connectivity index (χ0) is 15.9. The van der Waals surface area contributed by atoms with Crippen LogP contribution in [0, 0.1) is 5.41 Å². The molecule has 0 bridgehead atoms. The highest BCUT2D eigenvalue weighted by atomic mass is 16.2. The Kier molecular flexibility index (Phi) is 6.17. The summed E-state index contributed by atoms with van der Waals surface area (Å²) in [6.45, 7) is 4.62. The molecule has 1 aromatic rings. The number of hydrogen-bond acceptors (Lipinski definition) is 3. The molecule has 1 aromatic carbocycles. The maximum atomic E-state index is 12.4. The maximum absolute atomic E-state index is 12.4. The molecule has 0 saturated heterocycles. The van der Waals surface area contributed by atoms with E-state index in [0.717, 1.165) is 5.56 Å². The lowest BCUT2D eigenvalue weighted by Crippen LogP contribution is -2.41. The summed E-state index contributed by atoms with van der Waals surface area (Å²) in [4.78, 5) is 23.0. The van der Waals surface area contributed by atoms with E-state index >= 15 is 0 Å². The van der Waals surface area contributed by atoms with Gasteiger partial charge < -0.3 is 22.1 Å². The first-order valence-corrected chi connectivity index (χ1v) is 7.11. The fraction of sp³-hybridized carbons (Fsp3) is 0.467. The van der Waals surface area contributed by atoms with Gasteiger partial charge in [-0.05, 0) is 30.5 Å². The number of amides is 3. The lowest BCUT2D eigenvalue weighted by atomic mass is 9.81. The van der Waals surface area contributed by atoms with Crippen molar-refractivity contribution in [2.45, 2.75) is 33.2 Å². The van der Waals surface area contributed by atoms with Crippen molar-refractivity contribution in [1.82, 2.24) is 5.32 Å². The van der Waals surface area contributed by atoms with Gasteiger partial charge in [-0.3, -0.25) is 4.79 Å². The number of benzene rings is 1. The number of urea groups is 1. The van der Waals surface area contributed by atoms with E-state index in [1.54, 1.807) is 12.1 Å². The standard InChI is InChI=1S/C15H24N4O2/c1-3-15(4-2,10-16)13(20)19-12-7-5-11(6-8-12)9-18-14(17)21/h5-8H,3-4,9-10,16H2,1-2H3,(H,19,20)(H3,17,18,21). The third kappa shape index (κ3) is 4.46. The number of anilines is 1. The minimum Gasteiger partial charge on any atom is -0.352 e. The molecule has 0 aliphatic rings. The minimum absolute atomic E-state index is 0.0574. The molecule has 6 nitrogen and oxygen atoms in total. The zero-order valence-electron chi connectivity index (χ0n) is 12.6. The van der Waals surface area contributed by atoms with Gasteiger partial charge in [-0.1, -0.05) is 26.0 Å². The second-order valence-electron chi connectivity index (χ2n) is 5.06. The first-order chi connectivity index (χ1) is 9.97. The highest BCUT2D eigenvalue weighted by Gasteiger charge is 2.33. The van der Waals surface area contributed by atoms with Crippen LogP contribution in [-0.2, 0) is 11.3 Å². The van der Waals surface area contributed by atoms with Crippen LogP contribution in [-0.4, -0.2) is 18.5 Å². The summed E-state index contributed by atoms with van der Waals surface area (Å²) >= 11 is 0. The van der Waals surface area contributed by atoms with E-state index in [0.29, 0.717) is 31.6 Å². The summed E-state index contributed by atoms with van der Waals surface area (Å²) in [5.74, 6) is -0.0574. The molecule has 116 valence electrons. The van der Waals surface area contributed by atoms with Crippen LogP contribution in [0.4, 0.5) is 10.5 Å². The smallest absolute Gasteiger partial charge is 0.312 e. The first-order valence-electron chi connectivity index (χ1n) is 7.11. The number of hydrogen-bond donors (Lipinski definition) is 4. The van der Waals surface area contributed by atoms with Gasteiger partial charge in [-0.25, -0.2) is 4.79 Å². The Balaban J connectivity index is 2.71. The third-order valence-corrected chi connectivity index (χ3v) is 3.90. The van der Waals surface area contributed by atoms with Gasteiger partial charge in [0.1, 0.15) is 0 Å². The van der Waals surface area contributed by atoms with E-state index in [2.05, 4.69) is 10.6 Å². The molecule has 21 heavy (non-hydrogen) atoms. The van der Waals surface area contributed by atoms with Crippen molar-refractivity contribution in [2.75, 3.05) is 11.9 Å². The van der Waals surface area contributed by atoms with Crippen LogP contribution < -0.4 is 22.1 Å². The Bertz CT molecular complexity index is 473. The predicted molar refractivity (Wildman–Crippen MR) is 83.6 cm³/mol. The molecule has 1 rings (SSSR count). The van der Waals surface area contributed by atoms with E-state index < -0.39 is 11.4 Å². The number of nitrogens with one attached hydrogen (secondary N) is 2. The fourth-order valence-corrected chi connectivity index (χ4v) is 2.11. The number of nitrogens with two attached hydrogens (primary N) is 2. The Morgan fingerprint density at radius 3 is 2.14 bits per heavy atom. The summed E-state index contributed by atoms with van der Waals surface area (Å²) in [5.41, 5.74) is 11.9. The average Bonchev–Trinajstić information content (AvgIpc) is 2.49. The monoisotopic (exact) mass is 292 g/mol. The molecule has 6 heteroatoms. The van der Waals surface area contributed by atoms with Crippen molar-refractivity contribution >= 4 is 17.6 Å². The summed E-state index contributed by atoms with van der Waals surface area (Å²) in [6, 6.07) is 6.68. The Morgan fingerprint density at radius 1 is 1.14 bits per heavy atom. The van der Waals surface area contributed by atoms with Crippen molar-refractivity contribution in [3.05, 3.63) is 29.8 Å². The average molecular weight is 292 g/mol. The second-order valence-corrected chi connectivity index (χ2v) is 5.06. The number of carbonyl (C=O) groups is 2. The number of rotatable bonds is 7. The van der Waals surface area contributed by atoms with Gasteiger partial charge in [0.2, 0.25) is 5.91 Å². The van der Waals surface area contributed by atoms with Crippen LogP contribution in [0.1, 0.15) is 32.3 Å². The summed E-state index contributed by atoms with van der Waals surface area (Å²) in [6.07, 6.45) is 1.40. The van der Waals surface area contributed by atoms with Crippen molar-refractivity contribution in [3.63, 3.8) is 0 Å². The third-order valence-electron chi connectivity index (χ3n) is 3.90. The quantitative estimate of drug-likeness (QED) is 0.612. The molecule has 0 heterocycles. The second kappa shape index (κ2) is 7.64. The number of primary amides is 1. The molecule has 0 aromatic heterocycles. The van der Waals surface area contributed by atoms with Crippen LogP contribution in [0.5, 0.6) is 0 Å². The minimum atomic E-state index is -0.564. The SMILES string of the molecule is CCC(CC)(CN)C(=O)Nc1ccc(CNC(N)=O)cc1. The molecule has 0 spiro atoms. The molecule has 0 fully saturated rings. The van der Waals surface area contributed by atoms with Crippen LogP contribution in [0.15, 0.2) is 24.3 Å². The van der Waals surface area contributed by atoms with Crippen LogP contribution >= 0.6 is 0 Å². The van der Waals surface area contributed by atoms with Gasteiger partial charge in [-0.15, -0.1) is 0 Å². The van der Waals surface area contributed by atoms with Gasteiger partial charge in [0.25, 0.3) is 0 Å². The molecule has 0 saturated carbocycles. The van der Waals surface area contributed by atoms with Crippen molar-refractivity contribution in [3.8, 4) is 0 Å². The van der Waals surface area contributed by atoms with Crippen molar-refractivity contribution in [1.29, 1.82) is 0 Å². The highest BCUT2D eigenvalue weighted by Crippen LogP contribution is 2.27. The maximum Gasteiger partial charge on any atom is 0.312 e. The fourth-order valence-electron chi connectivity index (χ4n) is 2.11. The summed E-state index contributed by atoms with van der Waals surface area (Å²) in [7, 11) is 0. The van der Waals surface area contributed by atoms with Crippen molar-refractivity contribution in [2.24, 2.45) is 16.9 Å². The summed E-state index contributed by atoms with van der Waals surface area (Å²) < 4.78 is 0. The van der Waals surface area contributed by atoms with Gasteiger partial charge in [-0.2, -0.15) is 0 Å². The van der Waals surface area contributed by atoms with Crippen LogP contribution in [0.2, 0.25) is 0 Å². The molecule has 0 aliphatic heterocycles. The molecule has 0 radical (unpaired) electrons. The lowest BCUT2D eigenvalue weighted by molar-refractivity contribution is -0.125. The lowest BCUT2D eigenvalue weighted by Gasteiger charge is -2.28. The normalized spacial score (nSPS) is 11.0. The van der Waals surface area contributed by atoms with Crippen LogP contribution in [0.25, 0.3) is 0 Å². The zero-order valence-corrected chi connectivity index (χ0v) is 12.6. The molecule has 6 N–H and O–H groups in total. The Hall–Kier alpha value is -2.08. The first kappa shape index (κ1) is 17.0. The van der Waals surface area contributed by atoms with Gasteiger partial charge in [0, 0.05) is 18.8 Å². The van der Waals surface area contributed by atoms with E-state index in [9.17, 15) is 9.59 Å². The van der Waals surface area contributed by atoms with Gasteiger partial charge >= 0.3 is 6.03 Å². The van der Waals surface area contributed by atoms with E-state index in [-0.39, 0.29) is 5.91 Å². The molecular formula is C15H24N4O2. The van der Waals surface area contributed by atoms with E-state index in [1.807, 2.05) is 26.0 Å². The molecule has 0 unspecified atom stereocenters. The predicted octanol–water partition coefficient (Wildman–Crippen LogP) is 1.56.